The quantitative estimate of drug-likeness (QED) is 0.423. The van der Waals surface area contributed by atoms with Crippen LogP contribution in [0.4, 0.5) is 10.1 Å². The molecule has 12 heteroatoms. The molecule has 5 rings (SSSR count). The molecule has 0 radical (unpaired) electrons. The number of hydrogen-bond donors (Lipinski definition) is 4. The van der Waals surface area contributed by atoms with Crippen molar-refractivity contribution < 1.29 is 23.6 Å². The number of nitrogens with zero attached hydrogens (tertiary/aromatic N) is 2. The molecule has 1 unspecified atom stereocenters. The Bertz CT molecular complexity index is 1310. The summed E-state index contributed by atoms with van der Waals surface area (Å²) >= 11 is 5.86. The van der Waals surface area contributed by atoms with Crippen LogP contribution in [0.5, 0.6) is 0 Å². The fourth-order valence-electron chi connectivity index (χ4n) is 5.80. The highest BCUT2D eigenvalue weighted by Crippen LogP contribution is 2.43. The highest BCUT2D eigenvalue weighted by Gasteiger charge is 2.51. The molecule has 2 heterocycles. The minimum Gasteiger partial charge on any atom is -0.368 e. The fourth-order valence-corrected chi connectivity index (χ4v) is 5.97. The van der Waals surface area contributed by atoms with Crippen molar-refractivity contribution in [3.63, 3.8) is 0 Å². The number of rotatable bonds is 7. The first-order valence-electron chi connectivity index (χ1n) is 11.9. The van der Waals surface area contributed by atoms with Gasteiger partial charge in [0.05, 0.1) is 10.7 Å². The number of nitrogens with one attached hydrogen (secondary N) is 2. The Hall–Kier alpha value is -3.70. The van der Waals surface area contributed by atoms with Gasteiger partial charge in [-0.05, 0) is 43.4 Å². The number of amides is 4. The van der Waals surface area contributed by atoms with Crippen molar-refractivity contribution in [1.82, 2.24) is 15.6 Å². The van der Waals surface area contributed by atoms with Crippen LogP contribution >= 0.6 is 11.6 Å². The van der Waals surface area contributed by atoms with E-state index >= 15 is 0 Å². The lowest BCUT2D eigenvalue weighted by atomic mass is 9.97. The van der Waals surface area contributed by atoms with E-state index in [0.717, 1.165) is 12.8 Å². The summed E-state index contributed by atoms with van der Waals surface area (Å²) in [6.07, 6.45) is 2.26. The summed E-state index contributed by atoms with van der Waals surface area (Å²) in [5.74, 6) is -3.01. The maximum atomic E-state index is 14.6. The van der Waals surface area contributed by atoms with Crippen molar-refractivity contribution in [2.75, 3.05) is 11.6 Å². The van der Waals surface area contributed by atoms with E-state index in [2.05, 4.69) is 10.7 Å². The van der Waals surface area contributed by atoms with Crippen LogP contribution in [-0.4, -0.2) is 47.2 Å². The maximum Gasteiger partial charge on any atom is 0.249 e. The first-order valence-corrected chi connectivity index (χ1v) is 12.3. The van der Waals surface area contributed by atoms with E-state index in [-0.39, 0.29) is 47.1 Å². The number of nitrogens with two attached hydrogens (primary N) is 2. The minimum absolute atomic E-state index is 0.0361. The Labute approximate surface area is 217 Å². The standard InChI is InChI=1S/C25H26ClFN6O4/c26-17-8-7-14(23(28)35)16(20(17)27)10-30-25(37)22-12-5-6-13(9-12)33(22)19(34)11-32-18-4-2-1-3-15(18)21(31-32)24(29)36/h1-4,7-8,12-13,21-22,31H,5-6,9-11H2,(H2,28,35)(H2,29,36)(H,30,37)/t12-,13+,21?,22-/m0/s1. The van der Waals surface area contributed by atoms with Crippen LogP contribution in [-0.2, 0) is 20.9 Å². The van der Waals surface area contributed by atoms with Crippen LogP contribution in [0, 0.1) is 11.7 Å². The van der Waals surface area contributed by atoms with Crippen molar-refractivity contribution in [3.8, 4) is 0 Å². The molecule has 6 N–H and O–H groups in total. The van der Waals surface area contributed by atoms with E-state index in [1.54, 1.807) is 34.2 Å². The van der Waals surface area contributed by atoms with Crippen LogP contribution in [0.15, 0.2) is 36.4 Å². The lowest BCUT2D eigenvalue weighted by Gasteiger charge is -2.35. The third-order valence-corrected chi connectivity index (χ3v) is 7.74. The summed E-state index contributed by atoms with van der Waals surface area (Å²) < 4.78 is 14.6. The fraction of sp³-hybridized carbons (Fsp3) is 0.360. The predicted molar refractivity (Wildman–Crippen MR) is 132 cm³/mol. The number of piperidine rings is 1. The molecule has 3 aliphatic rings. The first kappa shape index (κ1) is 25.0. The van der Waals surface area contributed by atoms with Gasteiger partial charge in [0.15, 0.2) is 0 Å². The third-order valence-electron chi connectivity index (χ3n) is 7.44. The molecule has 0 aromatic heterocycles. The number of hydrazine groups is 1. The molecule has 37 heavy (non-hydrogen) atoms. The number of benzene rings is 2. The van der Waals surface area contributed by atoms with Gasteiger partial charge in [-0.2, -0.15) is 0 Å². The Morgan fingerprint density at radius 3 is 2.59 bits per heavy atom. The number of halogens is 2. The smallest absolute Gasteiger partial charge is 0.249 e. The van der Waals surface area contributed by atoms with Crippen LogP contribution in [0.3, 0.4) is 0 Å². The van der Waals surface area contributed by atoms with E-state index < -0.39 is 35.6 Å². The molecular formula is C25H26ClFN6O4. The zero-order valence-corrected chi connectivity index (χ0v) is 20.5. The van der Waals surface area contributed by atoms with Gasteiger partial charge in [0.2, 0.25) is 23.6 Å². The molecule has 194 valence electrons. The number of para-hydroxylation sites is 1. The third kappa shape index (κ3) is 4.38. The van der Waals surface area contributed by atoms with Crippen molar-refractivity contribution in [3.05, 3.63) is 63.9 Å². The van der Waals surface area contributed by atoms with Crippen LogP contribution < -0.4 is 27.2 Å². The maximum absolute atomic E-state index is 14.6. The van der Waals surface area contributed by atoms with E-state index in [4.69, 9.17) is 23.1 Å². The molecule has 2 fully saturated rings. The zero-order chi connectivity index (χ0) is 26.4. The SMILES string of the molecule is NC(=O)c1ccc(Cl)c(F)c1CNC(=O)[C@@H]1[C@H]2CC[C@H](C2)N1C(=O)CN1NC(C(N)=O)c2ccccc21. The molecule has 1 aliphatic carbocycles. The summed E-state index contributed by atoms with van der Waals surface area (Å²) in [7, 11) is 0. The molecule has 1 saturated carbocycles. The second-order valence-corrected chi connectivity index (χ2v) is 9.96. The summed E-state index contributed by atoms with van der Waals surface area (Å²) in [6.45, 7) is -0.413. The van der Waals surface area contributed by atoms with E-state index in [0.29, 0.717) is 17.7 Å². The van der Waals surface area contributed by atoms with Gasteiger partial charge in [0.25, 0.3) is 0 Å². The predicted octanol–water partition coefficient (Wildman–Crippen LogP) is 1.12. The number of likely N-dealkylation sites (tertiary alicyclic amines) is 1. The summed E-state index contributed by atoms with van der Waals surface area (Å²) in [4.78, 5) is 52.1. The van der Waals surface area contributed by atoms with Crippen LogP contribution in [0.1, 0.15) is 46.8 Å². The van der Waals surface area contributed by atoms with Gasteiger partial charge >= 0.3 is 0 Å². The molecule has 10 nitrogen and oxygen atoms in total. The van der Waals surface area contributed by atoms with Crippen LogP contribution in [0.25, 0.3) is 0 Å². The van der Waals surface area contributed by atoms with E-state index in [1.807, 2.05) is 0 Å². The molecule has 2 bridgehead atoms. The summed E-state index contributed by atoms with van der Waals surface area (Å²) in [6, 6.07) is 8.08. The number of primary amides is 2. The monoisotopic (exact) mass is 528 g/mol. The molecular weight excluding hydrogens is 503 g/mol. The Morgan fingerprint density at radius 2 is 1.86 bits per heavy atom. The molecule has 2 aliphatic heterocycles. The van der Waals surface area contributed by atoms with E-state index in [1.165, 1.54) is 12.1 Å². The normalized spacial score (nSPS) is 23.7. The summed E-state index contributed by atoms with van der Waals surface area (Å²) in [5.41, 5.74) is 15.0. The van der Waals surface area contributed by atoms with Gasteiger partial charge < -0.3 is 21.7 Å². The number of carbonyl (C=O) groups excluding carboxylic acids is 4. The molecule has 1 saturated heterocycles. The van der Waals surface area contributed by atoms with Crippen LogP contribution in [0.2, 0.25) is 5.02 Å². The van der Waals surface area contributed by atoms with Crippen molar-refractivity contribution in [2.24, 2.45) is 17.4 Å². The second-order valence-electron chi connectivity index (χ2n) is 9.55. The molecule has 4 amide bonds. The highest BCUT2D eigenvalue weighted by molar-refractivity contribution is 6.31. The summed E-state index contributed by atoms with van der Waals surface area (Å²) in [5, 5.41) is 4.06. The Balaban J connectivity index is 1.33. The molecule has 2 aromatic carbocycles. The largest absolute Gasteiger partial charge is 0.368 e. The second kappa shape index (κ2) is 9.64. The zero-order valence-electron chi connectivity index (χ0n) is 19.7. The topological polar surface area (TPSA) is 151 Å². The average molecular weight is 529 g/mol. The van der Waals surface area contributed by atoms with Gasteiger partial charge in [-0.1, -0.05) is 29.8 Å². The van der Waals surface area contributed by atoms with E-state index in [9.17, 15) is 23.6 Å². The number of fused-ring (bicyclic) bond motifs is 3. The minimum atomic E-state index is -0.843. The lowest BCUT2D eigenvalue weighted by molar-refractivity contribution is -0.142. The Kier molecular flexibility index (Phi) is 6.50. The molecule has 4 atom stereocenters. The number of hydrogen-bond acceptors (Lipinski definition) is 6. The van der Waals surface area contributed by atoms with Crippen molar-refractivity contribution in [1.29, 1.82) is 0 Å². The highest BCUT2D eigenvalue weighted by atomic mass is 35.5. The number of anilines is 1. The van der Waals surface area contributed by atoms with Crippen molar-refractivity contribution >= 4 is 40.9 Å². The van der Waals surface area contributed by atoms with Gasteiger partial charge in [-0.15, -0.1) is 0 Å². The van der Waals surface area contributed by atoms with Gasteiger partial charge in [-0.3, -0.25) is 24.2 Å². The number of carbonyl (C=O) groups is 4. The van der Waals surface area contributed by atoms with Gasteiger partial charge in [0.1, 0.15) is 24.4 Å². The molecule has 0 spiro atoms. The first-order chi connectivity index (χ1) is 17.7. The van der Waals surface area contributed by atoms with Gasteiger partial charge in [0, 0.05) is 29.3 Å². The van der Waals surface area contributed by atoms with Crippen molar-refractivity contribution in [2.45, 2.75) is 43.9 Å². The molecule has 2 aromatic rings. The van der Waals surface area contributed by atoms with Gasteiger partial charge in [-0.25, -0.2) is 9.82 Å². The lowest BCUT2D eigenvalue weighted by Crippen LogP contribution is -2.56. The average Bonchev–Trinajstić information content (AvgIpc) is 3.58. The Morgan fingerprint density at radius 1 is 1.11 bits per heavy atom.